The van der Waals surface area contributed by atoms with Gasteiger partial charge in [0.1, 0.15) is 33.5 Å². The number of aromatic nitrogens is 4. The van der Waals surface area contributed by atoms with Crippen molar-refractivity contribution < 1.29 is 13.3 Å². The highest BCUT2D eigenvalue weighted by molar-refractivity contribution is 7.26. The van der Waals surface area contributed by atoms with Crippen LogP contribution in [0.4, 0.5) is 0 Å². The summed E-state index contributed by atoms with van der Waals surface area (Å²) in [5.74, 6) is 1.67. The Morgan fingerprint density at radius 3 is 1.58 bits per heavy atom. The van der Waals surface area contributed by atoms with E-state index in [-0.39, 0.29) is 0 Å². The molecule has 7 nitrogen and oxygen atoms in total. The summed E-state index contributed by atoms with van der Waals surface area (Å²) in [4.78, 5) is 15.8. The number of fused-ring (bicyclic) bond motifs is 15. The molecule has 0 amide bonds. The molecule has 0 atom stereocenters. The van der Waals surface area contributed by atoms with Crippen LogP contribution in [0.5, 0.6) is 0 Å². The quantitative estimate of drug-likeness (QED) is 0.165. The number of rotatable bonds is 6. The maximum atomic E-state index is 6.88. The largest absolute Gasteiger partial charge is 0.456 e. The first-order valence-electron chi connectivity index (χ1n) is 25.7. The molecular formula is C69H38N4O3S. The van der Waals surface area contributed by atoms with Crippen LogP contribution in [0.25, 0.3) is 170 Å². The van der Waals surface area contributed by atoms with Gasteiger partial charge < -0.3 is 17.8 Å². The number of para-hydroxylation sites is 5. The second kappa shape index (κ2) is 16.2. The molecule has 0 saturated carbocycles. The smallest absolute Gasteiger partial charge is 0.164 e. The van der Waals surface area contributed by atoms with Gasteiger partial charge in [-0.1, -0.05) is 146 Å². The van der Waals surface area contributed by atoms with Crippen molar-refractivity contribution in [2.24, 2.45) is 0 Å². The summed E-state index contributed by atoms with van der Waals surface area (Å²) in [6.07, 6.45) is 0. The Morgan fingerprint density at radius 1 is 0.312 bits per heavy atom. The Labute approximate surface area is 442 Å². The van der Waals surface area contributed by atoms with Gasteiger partial charge in [0.15, 0.2) is 17.5 Å². The number of hydrogen-bond donors (Lipinski definition) is 0. The Bertz CT molecular complexity index is 5180. The Hall–Kier alpha value is -10.2. The molecule has 0 aliphatic rings. The van der Waals surface area contributed by atoms with E-state index in [0.717, 1.165) is 131 Å². The average Bonchev–Trinajstić information content (AvgIpc) is 4.40. The van der Waals surface area contributed by atoms with Crippen molar-refractivity contribution in [1.82, 2.24) is 19.5 Å². The lowest BCUT2D eigenvalue weighted by atomic mass is 9.98. The molecule has 0 spiro atoms. The summed E-state index contributed by atoms with van der Waals surface area (Å²) in [6, 6.07) is 80.9. The van der Waals surface area contributed by atoms with Gasteiger partial charge in [0, 0.05) is 96.8 Å². The molecule has 6 aromatic heterocycles. The van der Waals surface area contributed by atoms with Gasteiger partial charge >= 0.3 is 0 Å². The fourth-order valence-electron chi connectivity index (χ4n) is 11.9. The van der Waals surface area contributed by atoms with Gasteiger partial charge in [0.2, 0.25) is 0 Å². The predicted octanol–water partition coefficient (Wildman–Crippen LogP) is 19.4. The maximum Gasteiger partial charge on any atom is 0.164 e. The molecule has 77 heavy (non-hydrogen) atoms. The van der Waals surface area contributed by atoms with Gasteiger partial charge in [-0.15, -0.1) is 11.3 Å². The van der Waals surface area contributed by atoms with Gasteiger partial charge in [-0.05, 0) is 96.1 Å². The van der Waals surface area contributed by atoms with Crippen molar-refractivity contribution in [1.29, 1.82) is 0 Å². The van der Waals surface area contributed by atoms with Crippen LogP contribution in [0.3, 0.4) is 0 Å². The fourth-order valence-corrected chi connectivity index (χ4v) is 13.2. The fraction of sp³-hybridized carbons (Fsp3) is 0. The molecule has 17 aromatic rings. The van der Waals surface area contributed by atoms with E-state index in [0.29, 0.717) is 17.5 Å². The van der Waals surface area contributed by atoms with E-state index >= 15 is 0 Å². The monoisotopic (exact) mass is 1000 g/mol. The molecule has 8 heteroatoms. The van der Waals surface area contributed by atoms with Crippen molar-refractivity contribution in [2.45, 2.75) is 0 Å². The average molecular weight is 1000 g/mol. The van der Waals surface area contributed by atoms with Crippen LogP contribution >= 0.6 is 11.3 Å². The van der Waals surface area contributed by atoms with Crippen LogP contribution in [0.2, 0.25) is 0 Å². The maximum absolute atomic E-state index is 6.88. The minimum atomic E-state index is 0.546. The number of thiophene rings is 1. The molecule has 358 valence electrons. The van der Waals surface area contributed by atoms with Crippen LogP contribution < -0.4 is 0 Å². The lowest BCUT2D eigenvalue weighted by molar-refractivity contribution is 0.668. The molecule has 11 aromatic carbocycles. The zero-order valence-electron chi connectivity index (χ0n) is 40.9. The third-order valence-electron chi connectivity index (χ3n) is 15.5. The van der Waals surface area contributed by atoms with E-state index in [9.17, 15) is 0 Å². The normalized spacial score (nSPS) is 12.2. The molecule has 0 N–H and O–H groups in total. The topological polar surface area (TPSA) is 83.0 Å². The summed E-state index contributed by atoms with van der Waals surface area (Å²) >= 11 is 1.78. The van der Waals surface area contributed by atoms with Crippen molar-refractivity contribution in [3.05, 3.63) is 231 Å². The minimum absolute atomic E-state index is 0.546. The highest BCUT2D eigenvalue weighted by Crippen LogP contribution is 2.47. The SMILES string of the molecule is c1ccc(-n2c3ccccc3c3cc(-c4ccc5oc6c(-c7cccc8c7sc7cccc(-c9nc(-c%10ccc%11c(c%10)oc%10ccccc%10%11)nc(-c%10ccc%11c(c%10)oc%10ccccc%10%11)n9)c78)cccc6c5c4)ccc32)cc1. The third kappa shape index (κ3) is 6.40. The number of hydrogen-bond acceptors (Lipinski definition) is 7. The highest BCUT2D eigenvalue weighted by atomic mass is 32.1. The van der Waals surface area contributed by atoms with E-state index in [2.05, 4.69) is 187 Å². The first-order valence-corrected chi connectivity index (χ1v) is 26.5. The van der Waals surface area contributed by atoms with Crippen molar-refractivity contribution in [3.8, 4) is 62.1 Å². The lowest BCUT2D eigenvalue weighted by Gasteiger charge is -2.10. The molecule has 0 bridgehead atoms. The summed E-state index contributed by atoms with van der Waals surface area (Å²) in [5, 5.41) is 11.0. The van der Waals surface area contributed by atoms with Crippen LogP contribution in [0.1, 0.15) is 0 Å². The van der Waals surface area contributed by atoms with Crippen LogP contribution in [0, 0.1) is 0 Å². The molecule has 0 radical (unpaired) electrons. The number of furan rings is 3. The Morgan fingerprint density at radius 2 is 0.844 bits per heavy atom. The molecule has 0 saturated heterocycles. The van der Waals surface area contributed by atoms with Crippen LogP contribution in [-0.4, -0.2) is 19.5 Å². The van der Waals surface area contributed by atoms with Crippen molar-refractivity contribution in [3.63, 3.8) is 0 Å². The van der Waals surface area contributed by atoms with E-state index in [1.165, 1.54) is 21.8 Å². The van der Waals surface area contributed by atoms with E-state index < -0.39 is 0 Å². The van der Waals surface area contributed by atoms with Crippen molar-refractivity contribution in [2.75, 3.05) is 0 Å². The van der Waals surface area contributed by atoms with Crippen LogP contribution in [-0.2, 0) is 0 Å². The first kappa shape index (κ1) is 42.2. The number of nitrogens with zero attached hydrogens (tertiary/aromatic N) is 4. The van der Waals surface area contributed by atoms with Gasteiger partial charge in [0.05, 0.1) is 11.0 Å². The molecule has 17 rings (SSSR count). The van der Waals surface area contributed by atoms with Crippen LogP contribution in [0.15, 0.2) is 244 Å². The lowest BCUT2D eigenvalue weighted by Crippen LogP contribution is -2.00. The van der Waals surface area contributed by atoms with Gasteiger partial charge in [-0.2, -0.15) is 0 Å². The van der Waals surface area contributed by atoms with Gasteiger partial charge in [-0.3, -0.25) is 0 Å². The standard InChI is InChI=1S/C69H38N4O3S/c1-2-13-43(14-3-1)73-56-23-7-4-15-44(56)54-35-39(29-33-57(54)73)40-30-34-60-55(36-40)50-19-10-18-49(65(50)76-60)51-20-11-21-52-64-53(22-12-26-63(64)77-66(51)52)69-71-67(41-27-31-47-45-16-5-8-24-58(45)74-61(47)37-41)70-68(72-69)42-28-32-48-46-17-6-9-25-59(46)75-62(48)38-42/h1-38H. The summed E-state index contributed by atoms with van der Waals surface area (Å²) < 4.78 is 24.3. The molecule has 6 heterocycles. The molecule has 0 aliphatic heterocycles. The zero-order valence-corrected chi connectivity index (χ0v) is 41.7. The Kier molecular flexibility index (Phi) is 8.87. The summed E-state index contributed by atoms with van der Waals surface area (Å²) in [5.41, 5.74) is 15.5. The molecule has 0 fully saturated rings. The summed E-state index contributed by atoms with van der Waals surface area (Å²) in [7, 11) is 0. The number of benzene rings is 11. The predicted molar refractivity (Wildman–Crippen MR) is 316 cm³/mol. The minimum Gasteiger partial charge on any atom is -0.456 e. The second-order valence-electron chi connectivity index (χ2n) is 19.8. The first-order chi connectivity index (χ1) is 38.1. The third-order valence-corrected chi connectivity index (χ3v) is 16.7. The zero-order chi connectivity index (χ0) is 50.3. The second-order valence-corrected chi connectivity index (χ2v) is 20.9. The molecule has 0 aliphatic carbocycles. The van der Waals surface area contributed by atoms with Gasteiger partial charge in [0.25, 0.3) is 0 Å². The highest BCUT2D eigenvalue weighted by Gasteiger charge is 2.22. The van der Waals surface area contributed by atoms with Gasteiger partial charge in [-0.25, -0.2) is 15.0 Å². The Balaban J connectivity index is 0.804. The van der Waals surface area contributed by atoms with E-state index in [1.807, 2.05) is 48.5 Å². The molecular weight excluding hydrogens is 965 g/mol. The molecule has 0 unspecified atom stereocenters. The summed E-state index contributed by atoms with van der Waals surface area (Å²) in [6.45, 7) is 0. The van der Waals surface area contributed by atoms with Crippen molar-refractivity contribution >= 4 is 119 Å². The van der Waals surface area contributed by atoms with E-state index in [1.54, 1.807) is 11.3 Å². The van der Waals surface area contributed by atoms with E-state index in [4.69, 9.17) is 28.2 Å².